The summed E-state index contributed by atoms with van der Waals surface area (Å²) in [6, 6.07) is 23.3. The van der Waals surface area contributed by atoms with Gasteiger partial charge in [0.05, 0.1) is 5.70 Å². The van der Waals surface area contributed by atoms with Crippen LogP contribution in [0, 0.1) is 11.6 Å². The molecule has 3 aromatic rings. The van der Waals surface area contributed by atoms with E-state index in [2.05, 4.69) is 29.2 Å². The Morgan fingerprint density at radius 2 is 1.38 bits per heavy atom. The molecule has 1 aliphatic heterocycles. The van der Waals surface area contributed by atoms with Crippen LogP contribution in [0.2, 0.25) is 0 Å². The zero-order chi connectivity index (χ0) is 21.9. The molecule has 0 saturated heterocycles. The maximum absolute atomic E-state index is 13.7. The summed E-state index contributed by atoms with van der Waals surface area (Å²) < 4.78 is 33.7. The number of halogens is 2. The van der Waals surface area contributed by atoms with Crippen LogP contribution in [0.1, 0.15) is 42.4 Å². The summed E-state index contributed by atoms with van der Waals surface area (Å²) in [6.45, 7) is 0.783. The van der Waals surface area contributed by atoms with E-state index in [0.29, 0.717) is 5.76 Å². The highest BCUT2D eigenvalue weighted by Crippen LogP contribution is 2.45. The van der Waals surface area contributed by atoms with Gasteiger partial charge in [-0.15, -0.1) is 0 Å². The standard InChI is InChI=1S/C28H25F2NO/c29-24-15-11-21(12-16-24)26-27(22-13-17-25(30)18-14-22)32-28(23-9-4-10-23)31(26)19-5-8-20-6-2-1-3-7-20/h1-3,6-7,11-18H,4-5,8-10,19H2. The molecule has 0 amide bonds. The van der Waals surface area contributed by atoms with E-state index in [1.807, 2.05) is 6.07 Å². The number of nitrogens with zero attached hydrogens (tertiary/aromatic N) is 1. The van der Waals surface area contributed by atoms with Crippen LogP contribution in [0.25, 0.3) is 11.5 Å². The highest BCUT2D eigenvalue weighted by atomic mass is 19.1. The van der Waals surface area contributed by atoms with Gasteiger partial charge in [0.2, 0.25) is 0 Å². The lowest BCUT2D eigenvalue weighted by atomic mass is 9.92. The largest absolute Gasteiger partial charge is 0.438 e. The molecule has 4 heteroatoms. The molecule has 32 heavy (non-hydrogen) atoms. The number of allylic oxidation sites excluding steroid dienone is 1. The number of hydrogen-bond donors (Lipinski definition) is 0. The Hall–Kier alpha value is -3.40. The molecule has 1 heterocycles. The van der Waals surface area contributed by atoms with Gasteiger partial charge in [0, 0.05) is 17.7 Å². The minimum Gasteiger partial charge on any atom is -0.438 e. The molecule has 1 aliphatic carbocycles. The van der Waals surface area contributed by atoms with Gasteiger partial charge in [0.1, 0.15) is 11.6 Å². The fourth-order valence-electron chi connectivity index (χ4n) is 4.25. The number of benzene rings is 3. The van der Waals surface area contributed by atoms with E-state index < -0.39 is 0 Å². The second-order valence-electron chi connectivity index (χ2n) is 8.30. The van der Waals surface area contributed by atoms with Gasteiger partial charge in [-0.3, -0.25) is 0 Å². The first-order valence-electron chi connectivity index (χ1n) is 11.2. The summed E-state index contributed by atoms with van der Waals surface area (Å²) >= 11 is 0. The molecule has 162 valence electrons. The number of ether oxygens (including phenoxy) is 1. The van der Waals surface area contributed by atoms with E-state index in [1.54, 1.807) is 24.3 Å². The third-order valence-corrected chi connectivity index (χ3v) is 6.10. The third kappa shape index (κ3) is 4.18. The van der Waals surface area contributed by atoms with Crippen LogP contribution in [0.15, 0.2) is 90.3 Å². The van der Waals surface area contributed by atoms with Crippen molar-refractivity contribution in [2.24, 2.45) is 0 Å². The Morgan fingerprint density at radius 3 is 1.97 bits per heavy atom. The highest BCUT2D eigenvalue weighted by molar-refractivity contribution is 5.90. The normalized spacial score (nSPS) is 15.8. The van der Waals surface area contributed by atoms with Crippen molar-refractivity contribution in [2.75, 3.05) is 6.54 Å². The monoisotopic (exact) mass is 429 g/mol. The first-order chi connectivity index (χ1) is 15.7. The highest BCUT2D eigenvalue weighted by Gasteiger charge is 2.34. The number of aryl methyl sites for hydroxylation is 1. The van der Waals surface area contributed by atoms with Gasteiger partial charge in [-0.05, 0) is 91.8 Å². The second-order valence-corrected chi connectivity index (χ2v) is 8.30. The van der Waals surface area contributed by atoms with Crippen molar-refractivity contribution in [3.8, 4) is 0 Å². The third-order valence-electron chi connectivity index (χ3n) is 6.10. The van der Waals surface area contributed by atoms with Crippen molar-refractivity contribution in [3.05, 3.63) is 119 Å². The average molecular weight is 430 g/mol. The molecule has 1 saturated carbocycles. The van der Waals surface area contributed by atoms with Crippen molar-refractivity contribution in [2.45, 2.75) is 32.1 Å². The van der Waals surface area contributed by atoms with E-state index in [9.17, 15) is 8.78 Å². The van der Waals surface area contributed by atoms with Gasteiger partial charge in [-0.25, -0.2) is 8.78 Å². The van der Waals surface area contributed by atoms with Gasteiger partial charge < -0.3 is 9.64 Å². The molecule has 1 fully saturated rings. The topological polar surface area (TPSA) is 12.5 Å². The first kappa shape index (κ1) is 20.5. The minimum absolute atomic E-state index is 0.273. The van der Waals surface area contributed by atoms with E-state index in [1.165, 1.54) is 35.4 Å². The molecule has 0 bridgehead atoms. The van der Waals surface area contributed by atoms with Crippen molar-refractivity contribution in [3.63, 3.8) is 0 Å². The Kier molecular flexibility index (Phi) is 5.76. The molecule has 0 atom stereocenters. The van der Waals surface area contributed by atoms with E-state index in [4.69, 9.17) is 4.74 Å². The lowest BCUT2D eigenvalue weighted by molar-refractivity contribution is 0.272. The van der Waals surface area contributed by atoms with E-state index >= 15 is 0 Å². The maximum atomic E-state index is 13.7. The van der Waals surface area contributed by atoms with Crippen molar-refractivity contribution < 1.29 is 13.5 Å². The minimum atomic E-state index is -0.284. The van der Waals surface area contributed by atoms with Crippen LogP contribution in [-0.4, -0.2) is 11.4 Å². The predicted molar refractivity (Wildman–Crippen MR) is 123 cm³/mol. The molecular weight excluding hydrogens is 404 g/mol. The zero-order valence-corrected chi connectivity index (χ0v) is 17.9. The SMILES string of the molecule is Fc1ccc(C2=C(c3ccc(F)cc3)N(CCCc3ccccc3)C(=C3CCC3)O2)cc1. The Labute approximate surface area is 187 Å². The molecular formula is C28H25F2NO. The van der Waals surface area contributed by atoms with Gasteiger partial charge in [0.25, 0.3) is 0 Å². The lowest BCUT2D eigenvalue weighted by Crippen LogP contribution is -2.23. The van der Waals surface area contributed by atoms with E-state index in [-0.39, 0.29) is 11.6 Å². The van der Waals surface area contributed by atoms with E-state index in [0.717, 1.165) is 61.4 Å². The van der Waals surface area contributed by atoms with Crippen LogP contribution in [0.5, 0.6) is 0 Å². The summed E-state index contributed by atoms with van der Waals surface area (Å²) in [4.78, 5) is 2.24. The smallest absolute Gasteiger partial charge is 0.199 e. The molecule has 0 unspecified atom stereocenters. The predicted octanol–water partition coefficient (Wildman–Crippen LogP) is 7.15. The van der Waals surface area contributed by atoms with Crippen molar-refractivity contribution in [1.82, 2.24) is 4.90 Å². The van der Waals surface area contributed by atoms with Crippen LogP contribution in [0.4, 0.5) is 8.78 Å². The van der Waals surface area contributed by atoms with Gasteiger partial charge in [-0.1, -0.05) is 30.3 Å². The molecule has 0 N–H and O–H groups in total. The molecule has 0 spiro atoms. The average Bonchev–Trinajstić information content (AvgIpc) is 3.13. The fraction of sp³-hybridized carbons (Fsp3) is 0.214. The summed E-state index contributed by atoms with van der Waals surface area (Å²) in [5.74, 6) is 1.03. The maximum Gasteiger partial charge on any atom is 0.199 e. The summed E-state index contributed by atoms with van der Waals surface area (Å²) in [5, 5.41) is 0. The molecule has 0 aromatic heterocycles. The molecule has 3 aromatic carbocycles. The molecule has 2 aliphatic rings. The zero-order valence-electron chi connectivity index (χ0n) is 17.9. The molecule has 2 nitrogen and oxygen atoms in total. The molecule has 0 radical (unpaired) electrons. The van der Waals surface area contributed by atoms with Gasteiger partial charge >= 0.3 is 0 Å². The Bertz CT molecular complexity index is 1140. The van der Waals surface area contributed by atoms with Crippen molar-refractivity contribution in [1.29, 1.82) is 0 Å². The summed E-state index contributed by atoms with van der Waals surface area (Å²) in [6.07, 6.45) is 5.13. The number of rotatable bonds is 6. The summed E-state index contributed by atoms with van der Waals surface area (Å²) in [7, 11) is 0. The fourth-order valence-corrected chi connectivity index (χ4v) is 4.25. The van der Waals surface area contributed by atoms with Crippen molar-refractivity contribution >= 4 is 11.5 Å². The van der Waals surface area contributed by atoms with Crippen LogP contribution in [-0.2, 0) is 11.2 Å². The number of hydrogen-bond acceptors (Lipinski definition) is 2. The van der Waals surface area contributed by atoms with Gasteiger partial charge in [-0.2, -0.15) is 0 Å². The lowest BCUT2D eigenvalue weighted by Gasteiger charge is -2.27. The van der Waals surface area contributed by atoms with Gasteiger partial charge in [0.15, 0.2) is 11.6 Å². The molecule has 5 rings (SSSR count). The Morgan fingerprint density at radius 1 is 0.750 bits per heavy atom. The first-order valence-corrected chi connectivity index (χ1v) is 11.2. The second kappa shape index (κ2) is 8.99. The summed E-state index contributed by atoms with van der Waals surface area (Å²) in [5.41, 5.74) is 5.23. The quantitative estimate of drug-likeness (QED) is 0.412. The van der Waals surface area contributed by atoms with Crippen LogP contribution >= 0.6 is 0 Å². The van der Waals surface area contributed by atoms with Crippen LogP contribution in [0.3, 0.4) is 0 Å². The van der Waals surface area contributed by atoms with Crippen LogP contribution < -0.4 is 0 Å². The Balaban J connectivity index is 1.53.